The van der Waals surface area contributed by atoms with Crippen LogP contribution in [0.5, 0.6) is 11.5 Å². The van der Waals surface area contributed by atoms with Gasteiger partial charge in [0, 0.05) is 11.4 Å². The number of nitrogens with one attached hydrogen (secondary N) is 3. The summed E-state index contributed by atoms with van der Waals surface area (Å²) in [4.78, 5) is 48.5. The maximum absolute atomic E-state index is 13.3. The standard InChI is InChI=1S/C25H28N4O7/c1-4-34-19-12-16(8-11-18(19)36-13-20(26)30)22-21(14(3)27-25(33)29-22)23(31)28-17-9-6-15(7-10-17)24(32)35-5-2/h6-12,22H,4-5,13H2,1-3H3,(H2,26,30)(H,28,31)(H2,27,29,33)/t22-/m1/s1. The molecule has 190 valence electrons. The second-order valence-corrected chi connectivity index (χ2v) is 7.72. The van der Waals surface area contributed by atoms with Crippen molar-refractivity contribution in [3.63, 3.8) is 0 Å². The molecule has 4 amide bonds. The first-order valence-electron chi connectivity index (χ1n) is 11.3. The predicted molar refractivity (Wildman–Crippen MR) is 130 cm³/mol. The highest BCUT2D eigenvalue weighted by Gasteiger charge is 2.32. The van der Waals surface area contributed by atoms with E-state index in [0.29, 0.717) is 40.6 Å². The molecule has 11 nitrogen and oxygen atoms in total. The molecular weight excluding hydrogens is 468 g/mol. The number of hydrogen-bond acceptors (Lipinski definition) is 7. The third-order valence-corrected chi connectivity index (χ3v) is 5.14. The van der Waals surface area contributed by atoms with Crippen molar-refractivity contribution in [2.75, 3.05) is 25.1 Å². The number of rotatable bonds is 10. The normalized spacial score (nSPS) is 14.9. The minimum Gasteiger partial charge on any atom is -0.490 e. The third-order valence-electron chi connectivity index (χ3n) is 5.14. The number of hydrogen-bond donors (Lipinski definition) is 4. The molecule has 1 aliphatic heterocycles. The van der Waals surface area contributed by atoms with Crippen LogP contribution in [0, 0.1) is 0 Å². The van der Waals surface area contributed by atoms with Crippen molar-refractivity contribution in [1.29, 1.82) is 0 Å². The Kier molecular flexibility index (Phi) is 8.50. The van der Waals surface area contributed by atoms with Crippen LogP contribution < -0.4 is 31.2 Å². The Balaban J connectivity index is 1.88. The van der Waals surface area contributed by atoms with Crippen LogP contribution in [-0.2, 0) is 14.3 Å². The lowest BCUT2D eigenvalue weighted by Crippen LogP contribution is -2.46. The van der Waals surface area contributed by atoms with Crippen LogP contribution in [0.2, 0.25) is 0 Å². The smallest absolute Gasteiger partial charge is 0.338 e. The summed E-state index contributed by atoms with van der Waals surface area (Å²) in [5.74, 6) is -0.925. The number of benzene rings is 2. The zero-order valence-corrected chi connectivity index (χ0v) is 20.2. The van der Waals surface area contributed by atoms with E-state index < -0.39 is 29.9 Å². The van der Waals surface area contributed by atoms with Crippen molar-refractivity contribution in [1.82, 2.24) is 10.6 Å². The Morgan fingerprint density at radius 1 is 1.00 bits per heavy atom. The van der Waals surface area contributed by atoms with Crippen LogP contribution in [0.15, 0.2) is 53.7 Å². The molecule has 1 atom stereocenters. The first kappa shape index (κ1) is 26.1. The van der Waals surface area contributed by atoms with Gasteiger partial charge in [0.25, 0.3) is 11.8 Å². The molecule has 11 heteroatoms. The van der Waals surface area contributed by atoms with Crippen LogP contribution >= 0.6 is 0 Å². The van der Waals surface area contributed by atoms with Gasteiger partial charge in [-0.2, -0.15) is 0 Å². The van der Waals surface area contributed by atoms with Gasteiger partial charge >= 0.3 is 12.0 Å². The molecule has 1 heterocycles. The van der Waals surface area contributed by atoms with Crippen molar-refractivity contribution in [3.05, 3.63) is 64.9 Å². The largest absolute Gasteiger partial charge is 0.490 e. The minimum absolute atomic E-state index is 0.258. The maximum atomic E-state index is 13.3. The molecule has 0 unspecified atom stereocenters. The van der Waals surface area contributed by atoms with Gasteiger partial charge in [-0.05, 0) is 62.7 Å². The number of amides is 4. The van der Waals surface area contributed by atoms with E-state index in [4.69, 9.17) is 19.9 Å². The van der Waals surface area contributed by atoms with E-state index in [1.807, 2.05) is 0 Å². The molecule has 0 radical (unpaired) electrons. The zero-order chi connectivity index (χ0) is 26.2. The van der Waals surface area contributed by atoms with Crippen molar-refractivity contribution >= 4 is 29.5 Å². The summed E-state index contributed by atoms with van der Waals surface area (Å²) >= 11 is 0. The topological polar surface area (TPSA) is 158 Å². The van der Waals surface area contributed by atoms with E-state index in [-0.39, 0.29) is 18.8 Å². The number of carbonyl (C=O) groups is 4. The first-order chi connectivity index (χ1) is 17.2. The van der Waals surface area contributed by atoms with Crippen LogP contribution in [0.1, 0.15) is 42.7 Å². The van der Waals surface area contributed by atoms with Crippen LogP contribution in [0.4, 0.5) is 10.5 Å². The second kappa shape index (κ2) is 11.7. The lowest BCUT2D eigenvalue weighted by Gasteiger charge is -2.29. The summed E-state index contributed by atoms with van der Waals surface area (Å²) in [5.41, 5.74) is 7.18. The molecule has 0 saturated carbocycles. The maximum Gasteiger partial charge on any atom is 0.338 e. The van der Waals surface area contributed by atoms with E-state index in [0.717, 1.165) is 0 Å². The van der Waals surface area contributed by atoms with Gasteiger partial charge in [0.1, 0.15) is 0 Å². The SMILES string of the molecule is CCOC(=O)c1ccc(NC(=O)C2=C(C)NC(=O)N[C@@H]2c2ccc(OCC(N)=O)c(OCC)c2)cc1. The van der Waals surface area contributed by atoms with E-state index in [1.54, 1.807) is 63.2 Å². The average molecular weight is 497 g/mol. The summed E-state index contributed by atoms with van der Waals surface area (Å²) in [6.45, 7) is 5.37. The molecule has 0 fully saturated rings. The van der Waals surface area contributed by atoms with E-state index in [9.17, 15) is 19.2 Å². The molecule has 2 aromatic carbocycles. The van der Waals surface area contributed by atoms with Crippen LogP contribution in [0.3, 0.4) is 0 Å². The summed E-state index contributed by atoms with van der Waals surface area (Å²) in [6, 6.07) is 9.86. The Labute approximate surface area is 208 Å². The van der Waals surface area contributed by atoms with Crippen molar-refractivity contribution < 1.29 is 33.4 Å². The van der Waals surface area contributed by atoms with Gasteiger partial charge in [0.05, 0.1) is 30.4 Å². The fourth-order valence-electron chi connectivity index (χ4n) is 3.59. The molecule has 0 aromatic heterocycles. The molecule has 1 aliphatic rings. The molecule has 0 aliphatic carbocycles. The quantitative estimate of drug-likeness (QED) is 0.368. The van der Waals surface area contributed by atoms with Crippen molar-refractivity contribution in [2.24, 2.45) is 5.73 Å². The molecule has 3 rings (SSSR count). The van der Waals surface area contributed by atoms with Gasteiger partial charge in [-0.1, -0.05) is 6.07 Å². The van der Waals surface area contributed by atoms with E-state index in [2.05, 4.69) is 16.0 Å². The number of anilines is 1. The lowest BCUT2D eigenvalue weighted by atomic mass is 9.94. The number of esters is 1. The molecule has 0 bridgehead atoms. The molecule has 0 spiro atoms. The number of carbonyl (C=O) groups excluding carboxylic acids is 4. The second-order valence-electron chi connectivity index (χ2n) is 7.72. The minimum atomic E-state index is -0.804. The summed E-state index contributed by atoms with van der Waals surface area (Å²) in [5, 5.41) is 8.17. The number of nitrogens with two attached hydrogens (primary N) is 1. The fraction of sp³-hybridized carbons (Fsp3) is 0.280. The number of ether oxygens (including phenoxy) is 3. The zero-order valence-electron chi connectivity index (χ0n) is 20.2. The molecule has 2 aromatic rings. The predicted octanol–water partition coefficient (Wildman–Crippen LogP) is 2.39. The van der Waals surface area contributed by atoms with Crippen LogP contribution in [0.25, 0.3) is 0 Å². The van der Waals surface area contributed by atoms with Gasteiger partial charge < -0.3 is 35.9 Å². The van der Waals surface area contributed by atoms with Gasteiger partial charge in [0.2, 0.25) is 0 Å². The third kappa shape index (κ3) is 6.32. The van der Waals surface area contributed by atoms with E-state index >= 15 is 0 Å². The first-order valence-corrected chi connectivity index (χ1v) is 11.3. The van der Waals surface area contributed by atoms with Gasteiger partial charge in [-0.3, -0.25) is 9.59 Å². The Hall–Kier alpha value is -4.54. The molecular formula is C25H28N4O7. The summed E-state index contributed by atoms with van der Waals surface area (Å²) < 4.78 is 16.0. The van der Waals surface area contributed by atoms with Crippen molar-refractivity contribution in [3.8, 4) is 11.5 Å². The van der Waals surface area contributed by atoms with Gasteiger partial charge in [0.15, 0.2) is 18.1 Å². The number of primary amides is 1. The average Bonchev–Trinajstić information content (AvgIpc) is 2.83. The molecule has 5 N–H and O–H groups in total. The highest BCUT2D eigenvalue weighted by Crippen LogP contribution is 2.35. The lowest BCUT2D eigenvalue weighted by molar-refractivity contribution is -0.120. The Morgan fingerprint density at radius 3 is 2.36 bits per heavy atom. The highest BCUT2D eigenvalue weighted by atomic mass is 16.5. The summed E-state index contributed by atoms with van der Waals surface area (Å²) in [7, 11) is 0. The monoisotopic (exact) mass is 496 g/mol. The fourth-order valence-corrected chi connectivity index (χ4v) is 3.59. The number of urea groups is 1. The Bertz CT molecular complexity index is 1190. The van der Waals surface area contributed by atoms with E-state index in [1.165, 1.54) is 0 Å². The van der Waals surface area contributed by atoms with Gasteiger partial charge in [-0.25, -0.2) is 9.59 Å². The molecule has 0 saturated heterocycles. The molecule has 36 heavy (non-hydrogen) atoms. The highest BCUT2D eigenvalue weighted by molar-refractivity contribution is 6.07. The van der Waals surface area contributed by atoms with Crippen molar-refractivity contribution in [2.45, 2.75) is 26.8 Å². The number of allylic oxidation sites excluding steroid dienone is 1. The van der Waals surface area contributed by atoms with Crippen LogP contribution in [-0.4, -0.2) is 43.6 Å². The Morgan fingerprint density at radius 2 is 1.72 bits per heavy atom. The van der Waals surface area contributed by atoms with Gasteiger partial charge in [-0.15, -0.1) is 0 Å². The summed E-state index contributed by atoms with van der Waals surface area (Å²) in [6.07, 6.45) is 0.